The van der Waals surface area contributed by atoms with Crippen LogP contribution in [0.25, 0.3) is 0 Å². The molecule has 0 fully saturated rings. The minimum atomic E-state index is -0.635. The predicted octanol–water partition coefficient (Wildman–Crippen LogP) is 3.11. The molecular weight excluding hydrogens is 370 g/mol. The maximum atomic E-state index is 12.7. The molecule has 2 N–H and O–H groups in total. The van der Waals surface area contributed by atoms with Gasteiger partial charge in [0.15, 0.2) is 0 Å². The predicted molar refractivity (Wildman–Crippen MR) is 110 cm³/mol. The number of anilines is 1. The van der Waals surface area contributed by atoms with E-state index in [2.05, 4.69) is 5.32 Å². The van der Waals surface area contributed by atoms with Crippen LogP contribution < -0.4 is 5.32 Å². The number of amides is 4. The lowest BCUT2D eigenvalue weighted by molar-refractivity contribution is 0.0507. The van der Waals surface area contributed by atoms with Gasteiger partial charge in [0.2, 0.25) is 0 Å². The molecule has 0 unspecified atom stereocenters. The lowest BCUT2D eigenvalue weighted by Crippen LogP contribution is -2.45. The number of nitrogens with one attached hydrogen (secondary N) is 1. The third-order valence-electron chi connectivity index (χ3n) is 4.68. The number of fused-ring (bicyclic) bond motifs is 1. The number of benzene rings is 2. The Morgan fingerprint density at radius 1 is 1.03 bits per heavy atom. The first-order valence-corrected chi connectivity index (χ1v) is 9.46. The molecule has 29 heavy (non-hydrogen) atoms. The molecule has 0 aromatic heterocycles. The Hall–Kier alpha value is -3.19. The second kappa shape index (κ2) is 8.05. The molecular formula is C22H25N3O4. The average molecular weight is 395 g/mol. The van der Waals surface area contributed by atoms with Crippen LogP contribution in [0.2, 0.25) is 0 Å². The van der Waals surface area contributed by atoms with Crippen LogP contribution in [0.4, 0.5) is 10.5 Å². The van der Waals surface area contributed by atoms with Gasteiger partial charge in [0.05, 0.1) is 17.7 Å². The Kier molecular flexibility index (Phi) is 5.70. The smallest absolute Gasteiger partial charge is 0.322 e. The molecule has 2 aromatic carbocycles. The summed E-state index contributed by atoms with van der Waals surface area (Å²) < 4.78 is 0. The Labute approximate surface area is 169 Å². The Bertz CT molecular complexity index is 935. The summed E-state index contributed by atoms with van der Waals surface area (Å²) in [6.45, 7) is 5.74. The standard InChI is InChI=1S/C22H25N3O4/c1-22(2,3)25-19(27)17-10-9-16(13-18(17)20(25)28)23-21(29)24(11-12-26)14-15-7-5-4-6-8-15/h4-10,13,26H,11-12,14H2,1-3H3,(H,23,29). The Morgan fingerprint density at radius 3 is 2.31 bits per heavy atom. The fraction of sp³-hybridized carbons (Fsp3) is 0.318. The maximum Gasteiger partial charge on any atom is 0.322 e. The van der Waals surface area contributed by atoms with Gasteiger partial charge in [0.1, 0.15) is 0 Å². The zero-order valence-corrected chi connectivity index (χ0v) is 16.8. The number of urea groups is 1. The number of carbonyl (C=O) groups excluding carboxylic acids is 3. The highest BCUT2D eigenvalue weighted by molar-refractivity contribution is 6.22. The summed E-state index contributed by atoms with van der Waals surface area (Å²) in [5.41, 5.74) is 1.33. The molecule has 1 heterocycles. The quantitative estimate of drug-likeness (QED) is 0.761. The topological polar surface area (TPSA) is 90.0 Å². The van der Waals surface area contributed by atoms with Gasteiger partial charge in [-0.25, -0.2) is 4.79 Å². The molecule has 7 nitrogen and oxygen atoms in total. The molecule has 1 aliphatic heterocycles. The molecule has 0 radical (unpaired) electrons. The summed E-state index contributed by atoms with van der Waals surface area (Å²) in [7, 11) is 0. The zero-order chi connectivity index (χ0) is 21.2. The van der Waals surface area contributed by atoms with Gasteiger partial charge < -0.3 is 15.3 Å². The lowest BCUT2D eigenvalue weighted by atomic mass is 10.1. The van der Waals surface area contributed by atoms with E-state index >= 15 is 0 Å². The molecule has 4 amide bonds. The van der Waals surface area contributed by atoms with Gasteiger partial charge in [0, 0.05) is 24.3 Å². The molecule has 152 valence electrons. The molecule has 0 saturated heterocycles. The molecule has 1 aliphatic rings. The lowest BCUT2D eigenvalue weighted by Gasteiger charge is -2.29. The van der Waals surface area contributed by atoms with Gasteiger partial charge in [-0.05, 0) is 44.5 Å². The van der Waals surface area contributed by atoms with Gasteiger partial charge in [-0.15, -0.1) is 0 Å². The van der Waals surface area contributed by atoms with Gasteiger partial charge >= 0.3 is 6.03 Å². The number of hydrogen-bond acceptors (Lipinski definition) is 4. The van der Waals surface area contributed by atoms with Crippen LogP contribution in [0.1, 0.15) is 47.1 Å². The number of aliphatic hydroxyl groups excluding tert-OH is 1. The van der Waals surface area contributed by atoms with Crippen molar-refractivity contribution in [3.05, 3.63) is 65.2 Å². The number of hydrogen-bond donors (Lipinski definition) is 2. The van der Waals surface area contributed by atoms with E-state index in [9.17, 15) is 19.5 Å². The summed E-state index contributed by atoms with van der Waals surface area (Å²) in [4.78, 5) is 40.7. The first kappa shape index (κ1) is 20.5. The van der Waals surface area contributed by atoms with Crippen molar-refractivity contribution < 1.29 is 19.5 Å². The van der Waals surface area contributed by atoms with Gasteiger partial charge in [-0.3, -0.25) is 14.5 Å². The average Bonchev–Trinajstić information content (AvgIpc) is 2.92. The van der Waals surface area contributed by atoms with E-state index in [-0.39, 0.29) is 30.5 Å². The van der Waals surface area contributed by atoms with Crippen molar-refractivity contribution in [3.63, 3.8) is 0 Å². The first-order chi connectivity index (χ1) is 13.7. The summed E-state index contributed by atoms with van der Waals surface area (Å²) >= 11 is 0. The third-order valence-corrected chi connectivity index (χ3v) is 4.68. The van der Waals surface area contributed by atoms with E-state index in [1.54, 1.807) is 32.9 Å². The van der Waals surface area contributed by atoms with Crippen molar-refractivity contribution >= 4 is 23.5 Å². The zero-order valence-electron chi connectivity index (χ0n) is 16.8. The molecule has 0 spiro atoms. The summed E-state index contributed by atoms with van der Waals surface area (Å²) in [6, 6.07) is 13.8. The number of rotatable bonds is 5. The maximum absolute atomic E-state index is 12.7. The van der Waals surface area contributed by atoms with Crippen molar-refractivity contribution in [2.24, 2.45) is 0 Å². The summed E-state index contributed by atoms with van der Waals surface area (Å²) in [6.07, 6.45) is 0. The second-order valence-electron chi connectivity index (χ2n) is 7.94. The highest BCUT2D eigenvalue weighted by Crippen LogP contribution is 2.31. The van der Waals surface area contributed by atoms with Gasteiger partial charge in [-0.1, -0.05) is 30.3 Å². The molecule has 3 rings (SSSR count). The normalized spacial score (nSPS) is 13.4. The van der Waals surface area contributed by atoms with E-state index in [4.69, 9.17) is 0 Å². The number of nitrogens with zero attached hydrogens (tertiary/aromatic N) is 2. The number of imide groups is 1. The van der Waals surface area contributed by atoms with Gasteiger partial charge in [0.25, 0.3) is 11.8 Å². The molecule has 2 aromatic rings. The van der Waals surface area contributed by atoms with E-state index in [1.807, 2.05) is 30.3 Å². The molecule has 0 atom stereocenters. The largest absolute Gasteiger partial charge is 0.395 e. The van der Waals surface area contributed by atoms with Gasteiger partial charge in [-0.2, -0.15) is 0 Å². The highest BCUT2D eigenvalue weighted by Gasteiger charge is 2.41. The van der Waals surface area contributed by atoms with Crippen LogP contribution in [-0.4, -0.2) is 51.4 Å². The minimum absolute atomic E-state index is 0.168. The van der Waals surface area contributed by atoms with E-state index in [1.165, 1.54) is 15.9 Å². The van der Waals surface area contributed by atoms with Crippen LogP contribution in [0, 0.1) is 0 Å². The Morgan fingerprint density at radius 2 is 1.69 bits per heavy atom. The third kappa shape index (κ3) is 4.30. The van der Waals surface area contributed by atoms with Crippen LogP contribution in [-0.2, 0) is 6.54 Å². The highest BCUT2D eigenvalue weighted by atomic mass is 16.3. The van der Waals surface area contributed by atoms with Crippen molar-refractivity contribution in [3.8, 4) is 0 Å². The van der Waals surface area contributed by atoms with Crippen LogP contribution in [0.3, 0.4) is 0 Å². The fourth-order valence-corrected chi connectivity index (χ4v) is 3.31. The first-order valence-electron chi connectivity index (χ1n) is 9.46. The van der Waals surface area contributed by atoms with Crippen molar-refractivity contribution in [1.29, 1.82) is 0 Å². The van der Waals surface area contributed by atoms with E-state index in [0.29, 0.717) is 17.8 Å². The minimum Gasteiger partial charge on any atom is -0.395 e. The van der Waals surface area contributed by atoms with E-state index in [0.717, 1.165) is 5.56 Å². The monoisotopic (exact) mass is 395 g/mol. The number of aliphatic hydroxyl groups is 1. The van der Waals surface area contributed by atoms with E-state index < -0.39 is 11.6 Å². The van der Waals surface area contributed by atoms with Crippen molar-refractivity contribution in [2.75, 3.05) is 18.5 Å². The Balaban J connectivity index is 1.79. The summed E-state index contributed by atoms with van der Waals surface area (Å²) in [5, 5.41) is 12.1. The summed E-state index contributed by atoms with van der Waals surface area (Å²) in [5.74, 6) is -0.702. The molecule has 0 aliphatic carbocycles. The van der Waals surface area contributed by atoms with Crippen LogP contribution in [0.15, 0.2) is 48.5 Å². The van der Waals surface area contributed by atoms with Crippen molar-refractivity contribution in [1.82, 2.24) is 9.80 Å². The van der Waals surface area contributed by atoms with Crippen molar-refractivity contribution in [2.45, 2.75) is 32.9 Å². The molecule has 0 bridgehead atoms. The molecule has 0 saturated carbocycles. The fourth-order valence-electron chi connectivity index (χ4n) is 3.31. The number of carbonyl (C=O) groups is 3. The SMILES string of the molecule is CC(C)(C)N1C(=O)c2ccc(NC(=O)N(CCO)Cc3ccccc3)cc2C1=O. The van der Waals surface area contributed by atoms with Crippen LogP contribution in [0.5, 0.6) is 0 Å². The molecule has 7 heteroatoms. The second-order valence-corrected chi connectivity index (χ2v) is 7.94. The van der Waals surface area contributed by atoms with Crippen LogP contribution >= 0.6 is 0 Å².